The maximum atomic E-state index is 12.3. The van der Waals surface area contributed by atoms with Crippen LogP contribution in [-0.2, 0) is 0 Å². The van der Waals surface area contributed by atoms with E-state index in [1.165, 1.54) is 12.1 Å². The fourth-order valence-electron chi connectivity index (χ4n) is 2.21. The van der Waals surface area contributed by atoms with Crippen molar-refractivity contribution in [3.63, 3.8) is 0 Å². The van der Waals surface area contributed by atoms with Crippen molar-refractivity contribution in [2.24, 2.45) is 17.7 Å². The van der Waals surface area contributed by atoms with Crippen molar-refractivity contribution in [3.8, 4) is 5.75 Å². The molecule has 6 heteroatoms. The third-order valence-corrected chi connectivity index (χ3v) is 3.26. The molecule has 0 amide bonds. The Kier molecular flexibility index (Phi) is 3.49. The Morgan fingerprint density at radius 3 is 2.50 bits per heavy atom. The van der Waals surface area contributed by atoms with Crippen LogP contribution in [0, 0.1) is 11.8 Å². The van der Waals surface area contributed by atoms with Crippen LogP contribution in [0.2, 0.25) is 0 Å². The Bertz CT molecular complexity index is 422. The lowest BCUT2D eigenvalue weighted by molar-refractivity contribution is -0.275. The van der Waals surface area contributed by atoms with Crippen LogP contribution < -0.4 is 16.0 Å². The Balaban J connectivity index is 2.26. The van der Waals surface area contributed by atoms with Gasteiger partial charge in [-0.15, -0.1) is 13.2 Å². The number of ether oxygens (including phenoxy) is 1. The summed E-state index contributed by atoms with van der Waals surface area (Å²) in [5.74, 6) is 5.99. The number of halogens is 3. The molecule has 2 rings (SSSR count). The molecule has 3 N–H and O–H groups in total. The van der Waals surface area contributed by atoms with Gasteiger partial charge in [0.2, 0.25) is 0 Å². The Morgan fingerprint density at radius 2 is 2.00 bits per heavy atom. The zero-order valence-electron chi connectivity index (χ0n) is 9.87. The van der Waals surface area contributed by atoms with E-state index in [-0.39, 0.29) is 17.7 Å². The van der Waals surface area contributed by atoms with E-state index >= 15 is 0 Å². The van der Waals surface area contributed by atoms with Crippen molar-refractivity contribution in [2.45, 2.75) is 25.7 Å². The molecule has 18 heavy (non-hydrogen) atoms. The summed E-state index contributed by atoms with van der Waals surface area (Å²) in [7, 11) is 0. The zero-order chi connectivity index (χ0) is 13.3. The highest BCUT2D eigenvalue weighted by Gasteiger charge is 2.41. The van der Waals surface area contributed by atoms with E-state index in [4.69, 9.17) is 5.84 Å². The highest BCUT2D eigenvalue weighted by Crippen LogP contribution is 2.48. The van der Waals surface area contributed by atoms with E-state index in [1.807, 2.05) is 6.92 Å². The SMILES string of the molecule is CC1CC1C(NN)c1ccccc1OC(F)(F)F. The molecule has 0 heterocycles. The van der Waals surface area contributed by atoms with Crippen molar-refractivity contribution < 1.29 is 17.9 Å². The van der Waals surface area contributed by atoms with Crippen LogP contribution in [-0.4, -0.2) is 6.36 Å². The smallest absolute Gasteiger partial charge is 0.405 e. The normalized spacial score (nSPS) is 24.7. The van der Waals surface area contributed by atoms with E-state index in [0.29, 0.717) is 11.5 Å². The second-order valence-electron chi connectivity index (χ2n) is 4.61. The van der Waals surface area contributed by atoms with E-state index in [1.54, 1.807) is 12.1 Å². The summed E-state index contributed by atoms with van der Waals surface area (Å²) in [6, 6.07) is 5.79. The number of benzene rings is 1. The monoisotopic (exact) mass is 260 g/mol. The summed E-state index contributed by atoms with van der Waals surface area (Å²) in [6.07, 6.45) is -3.74. The van der Waals surface area contributed by atoms with Gasteiger partial charge in [-0.05, 0) is 24.3 Å². The number of nitrogens with one attached hydrogen (secondary N) is 1. The molecule has 3 unspecified atom stereocenters. The molecule has 0 saturated heterocycles. The highest BCUT2D eigenvalue weighted by atomic mass is 19.4. The molecule has 0 bridgehead atoms. The number of hydrogen-bond acceptors (Lipinski definition) is 3. The quantitative estimate of drug-likeness (QED) is 0.646. The lowest BCUT2D eigenvalue weighted by Gasteiger charge is -2.20. The van der Waals surface area contributed by atoms with Crippen molar-refractivity contribution in [3.05, 3.63) is 29.8 Å². The molecule has 1 saturated carbocycles. The maximum Gasteiger partial charge on any atom is 0.573 e. The van der Waals surface area contributed by atoms with Crippen molar-refractivity contribution in [1.82, 2.24) is 5.43 Å². The van der Waals surface area contributed by atoms with E-state index in [2.05, 4.69) is 10.2 Å². The zero-order valence-corrected chi connectivity index (χ0v) is 9.87. The minimum atomic E-state index is -4.69. The van der Waals surface area contributed by atoms with Gasteiger partial charge in [-0.2, -0.15) is 0 Å². The number of rotatable bonds is 4. The van der Waals surface area contributed by atoms with Crippen LogP contribution in [0.5, 0.6) is 5.75 Å². The number of para-hydroxylation sites is 1. The van der Waals surface area contributed by atoms with Gasteiger partial charge in [0.25, 0.3) is 0 Å². The number of nitrogens with two attached hydrogens (primary N) is 1. The Labute approximate surface area is 103 Å². The molecule has 1 aliphatic rings. The molecule has 0 spiro atoms. The summed E-state index contributed by atoms with van der Waals surface area (Å²) in [4.78, 5) is 0. The first-order chi connectivity index (χ1) is 8.42. The maximum absolute atomic E-state index is 12.3. The van der Waals surface area contributed by atoms with Gasteiger partial charge < -0.3 is 4.74 Å². The van der Waals surface area contributed by atoms with Crippen molar-refractivity contribution in [1.29, 1.82) is 0 Å². The first-order valence-corrected chi connectivity index (χ1v) is 5.73. The summed E-state index contributed by atoms with van der Waals surface area (Å²) in [5.41, 5.74) is 3.04. The minimum absolute atomic E-state index is 0.188. The van der Waals surface area contributed by atoms with Crippen LogP contribution in [0.15, 0.2) is 24.3 Å². The average Bonchev–Trinajstić information content (AvgIpc) is 2.97. The predicted molar refractivity (Wildman–Crippen MR) is 60.5 cm³/mol. The van der Waals surface area contributed by atoms with Gasteiger partial charge in [-0.25, -0.2) is 0 Å². The van der Waals surface area contributed by atoms with Crippen LogP contribution in [0.1, 0.15) is 24.9 Å². The van der Waals surface area contributed by atoms with E-state index in [0.717, 1.165) is 6.42 Å². The van der Waals surface area contributed by atoms with Crippen molar-refractivity contribution >= 4 is 0 Å². The van der Waals surface area contributed by atoms with Crippen LogP contribution in [0.3, 0.4) is 0 Å². The first-order valence-electron chi connectivity index (χ1n) is 5.73. The van der Waals surface area contributed by atoms with Gasteiger partial charge in [0, 0.05) is 5.56 Å². The molecule has 1 aromatic rings. The third kappa shape index (κ3) is 2.94. The predicted octanol–water partition coefficient (Wildman–Crippen LogP) is 2.75. The molecule has 0 aliphatic heterocycles. The van der Waals surface area contributed by atoms with Gasteiger partial charge in [0.1, 0.15) is 5.75 Å². The second kappa shape index (κ2) is 4.78. The standard InChI is InChI=1S/C12H15F3N2O/c1-7-6-9(7)11(17-16)8-4-2-3-5-10(8)18-12(13,14)15/h2-5,7,9,11,17H,6,16H2,1H3. The fourth-order valence-corrected chi connectivity index (χ4v) is 2.21. The second-order valence-corrected chi connectivity index (χ2v) is 4.61. The first kappa shape index (κ1) is 13.2. The third-order valence-electron chi connectivity index (χ3n) is 3.26. The summed E-state index contributed by atoms with van der Waals surface area (Å²) in [5, 5.41) is 0. The van der Waals surface area contributed by atoms with Gasteiger partial charge in [0.05, 0.1) is 6.04 Å². The lowest BCUT2D eigenvalue weighted by Crippen LogP contribution is -2.31. The molecule has 0 radical (unpaired) electrons. The van der Waals surface area contributed by atoms with Crippen LogP contribution >= 0.6 is 0 Å². The van der Waals surface area contributed by atoms with Gasteiger partial charge >= 0.3 is 6.36 Å². The molecule has 1 aromatic carbocycles. The summed E-state index contributed by atoms with van der Waals surface area (Å²) in [6.45, 7) is 2.04. The highest BCUT2D eigenvalue weighted by molar-refractivity contribution is 5.37. The molecular weight excluding hydrogens is 245 g/mol. The molecule has 3 nitrogen and oxygen atoms in total. The Morgan fingerprint density at radius 1 is 1.39 bits per heavy atom. The van der Waals surface area contributed by atoms with Crippen LogP contribution in [0.4, 0.5) is 13.2 Å². The fraction of sp³-hybridized carbons (Fsp3) is 0.500. The van der Waals surface area contributed by atoms with E-state index < -0.39 is 6.36 Å². The number of hydrazine groups is 1. The molecule has 1 aliphatic carbocycles. The van der Waals surface area contributed by atoms with Gasteiger partial charge in [0.15, 0.2) is 0 Å². The topological polar surface area (TPSA) is 47.3 Å². The van der Waals surface area contributed by atoms with Gasteiger partial charge in [-0.1, -0.05) is 25.1 Å². The average molecular weight is 260 g/mol. The summed E-state index contributed by atoms with van der Waals surface area (Å²) >= 11 is 0. The number of hydrogen-bond donors (Lipinski definition) is 2. The lowest BCUT2D eigenvalue weighted by atomic mass is 10.0. The largest absolute Gasteiger partial charge is 0.573 e. The van der Waals surface area contributed by atoms with E-state index in [9.17, 15) is 13.2 Å². The molecule has 100 valence electrons. The van der Waals surface area contributed by atoms with Crippen LogP contribution in [0.25, 0.3) is 0 Å². The summed E-state index contributed by atoms with van der Waals surface area (Å²) < 4.78 is 41.0. The molecule has 3 atom stereocenters. The molecule has 0 aromatic heterocycles. The minimum Gasteiger partial charge on any atom is -0.405 e. The Hall–Kier alpha value is -1.27. The molecular formula is C12H15F3N2O. The molecule has 1 fully saturated rings. The number of alkyl halides is 3. The van der Waals surface area contributed by atoms with Gasteiger partial charge in [-0.3, -0.25) is 11.3 Å². The van der Waals surface area contributed by atoms with Crippen molar-refractivity contribution in [2.75, 3.05) is 0 Å².